The largest absolute Gasteiger partial charge is 0.370 e. The molecule has 0 aromatic carbocycles. The molecule has 0 heterocycles. The van der Waals surface area contributed by atoms with Crippen LogP contribution in [0.15, 0.2) is 0 Å². The molecule has 2 saturated carbocycles. The number of hydrogen-bond acceptors (Lipinski definition) is 2. The normalized spacial score (nSPS) is 26.7. The van der Waals surface area contributed by atoms with Crippen LogP contribution in [-0.2, 0) is 9.53 Å². The molecule has 0 aliphatic heterocycles. The fourth-order valence-electron chi connectivity index (χ4n) is 3.23. The van der Waals surface area contributed by atoms with Gasteiger partial charge in [0.25, 0.3) is 0 Å². The Kier molecular flexibility index (Phi) is 3.45. The second kappa shape index (κ2) is 4.65. The Morgan fingerprint density at radius 3 is 2.20 bits per heavy atom. The van der Waals surface area contributed by atoms with Crippen molar-refractivity contribution >= 4 is 5.78 Å². The van der Waals surface area contributed by atoms with E-state index in [1.54, 1.807) is 7.11 Å². The van der Waals surface area contributed by atoms with E-state index < -0.39 is 0 Å². The Labute approximate surface area is 92.4 Å². The molecule has 0 saturated heterocycles. The molecule has 0 N–H and O–H groups in total. The van der Waals surface area contributed by atoms with Gasteiger partial charge in [-0.15, -0.1) is 0 Å². The summed E-state index contributed by atoms with van der Waals surface area (Å²) < 4.78 is 5.56. The van der Waals surface area contributed by atoms with Crippen LogP contribution >= 0.6 is 0 Å². The zero-order valence-corrected chi connectivity index (χ0v) is 9.76. The Hall–Kier alpha value is -0.370. The second-order valence-electron chi connectivity index (χ2n) is 5.10. The number of ketones is 1. The molecule has 0 aromatic rings. The third-order valence-electron chi connectivity index (χ3n) is 4.23. The van der Waals surface area contributed by atoms with Gasteiger partial charge in [-0.25, -0.2) is 0 Å². The van der Waals surface area contributed by atoms with Gasteiger partial charge in [0.15, 0.2) is 5.78 Å². The lowest BCUT2D eigenvalue weighted by Gasteiger charge is -2.31. The second-order valence-corrected chi connectivity index (χ2v) is 5.10. The van der Waals surface area contributed by atoms with Gasteiger partial charge < -0.3 is 4.74 Å². The van der Waals surface area contributed by atoms with Crippen molar-refractivity contribution < 1.29 is 9.53 Å². The topological polar surface area (TPSA) is 26.3 Å². The SMILES string of the molecule is COC1(C(=O)C2CCCCC2)CCCC1. The highest BCUT2D eigenvalue weighted by Crippen LogP contribution is 2.38. The van der Waals surface area contributed by atoms with E-state index in [0.29, 0.717) is 11.7 Å². The van der Waals surface area contributed by atoms with Crippen molar-refractivity contribution in [3.05, 3.63) is 0 Å². The summed E-state index contributed by atoms with van der Waals surface area (Å²) in [6, 6.07) is 0. The summed E-state index contributed by atoms with van der Waals surface area (Å²) in [7, 11) is 1.71. The third-order valence-corrected chi connectivity index (χ3v) is 4.23. The summed E-state index contributed by atoms with van der Waals surface area (Å²) in [5, 5.41) is 0. The van der Waals surface area contributed by atoms with E-state index in [0.717, 1.165) is 38.5 Å². The summed E-state index contributed by atoms with van der Waals surface area (Å²) in [6.45, 7) is 0. The number of ether oxygens (including phenoxy) is 1. The number of hydrogen-bond donors (Lipinski definition) is 0. The maximum absolute atomic E-state index is 12.4. The van der Waals surface area contributed by atoms with Crippen molar-refractivity contribution in [1.29, 1.82) is 0 Å². The Bertz CT molecular complexity index is 223. The molecule has 2 aliphatic carbocycles. The summed E-state index contributed by atoms with van der Waals surface area (Å²) in [4.78, 5) is 12.4. The number of carbonyl (C=O) groups is 1. The molecule has 2 heteroatoms. The molecule has 0 unspecified atom stereocenters. The molecule has 86 valence electrons. The lowest BCUT2D eigenvalue weighted by atomic mass is 9.79. The van der Waals surface area contributed by atoms with Gasteiger partial charge in [0.1, 0.15) is 5.60 Å². The molecule has 2 nitrogen and oxygen atoms in total. The lowest BCUT2D eigenvalue weighted by molar-refractivity contribution is -0.145. The lowest BCUT2D eigenvalue weighted by Crippen LogP contribution is -2.42. The van der Waals surface area contributed by atoms with E-state index in [-0.39, 0.29) is 5.60 Å². The quantitative estimate of drug-likeness (QED) is 0.715. The Balaban J connectivity index is 2.03. The predicted octanol–water partition coefficient (Wildman–Crippen LogP) is 3.10. The molecule has 0 radical (unpaired) electrons. The van der Waals surface area contributed by atoms with Crippen LogP contribution in [0, 0.1) is 5.92 Å². The van der Waals surface area contributed by atoms with Crippen LogP contribution in [0.3, 0.4) is 0 Å². The zero-order chi connectivity index (χ0) is 10.7. The highest BCUT2D eigenvalue weighted by molar-refractivity contribution is 5.89. The first kappa shape index (κ1) is 11.1. The van der Waals surface area contributed by atoms with Crippen molar-refractivity contribution in [2.45, 2.75) is 63.4 Å². The zero-order valence-electron chi connectivity index (χ0n) is 9.76. The van der Waals surface area contributed by atoms with Gasteiger partial charge in [-0.3, -0.25) is 4.79 Å². The van der Waals surface area contributed by atoms with Crippen molar-refractivity contribution in [2.75, 3.05) is 7.11 Å². The molecule has 0 amide bonds. The maximum Gasteiger partial charge on any atom is 0.167 e. The van der Waals surface area contributed by atoms with E-state index in [2.05, 4.69) is 0 Å². The molecule has 0 atom stereocenters. The fourth-order valence-corrected chi connectivity index (χ4v) is 3.23. The standard InChI is InChI=1S/C13H22O2/c1-15-13(9-5-6-10-13)12(14)11-7-3-2-4-8-11/h11H,2-10H2,1H3. The average molecular weight is 210 g/mol. The molecular formula is C13H22O2. The van der Waals surface area contributed by atoms with Gasteiger partial charge >= 0.3 is 0 Å². The van der Waals surface area contributed by atoms with Gasteiger partial charge in [0, 0.05) is 13.0 Å². The van der Waals surface area contributed by atoms with Crippen molar-refractivity contribution in [3.8, 4) is 0 Å². The van der Waals surface area contributed by atoms with Gasteiger partial charge in [0.2, 0.25) is 0 Å². The maximum atomic E-state index is 12.4. The Morgan fingerprint density at radius 2 is 1.67 bits per heavy atom. The average Bonchev–Trinajstić information content (AvgIpc) is 2.79. The molecule has 2 fully saturated rings. The predicted molar refractivity (Wildman–Crippen MR) is 59.8 cm³/mol. The Morgan fingerprint density at radius 1 is 1.07 bits per heavy atom. The number of carbonyl (C=O) groups excluding carboxylic acids is 1. The summed E-state index contributed by atoms with van der Waals surface area (Å²) in [5.41, 5.74) is -0.387. The monoisotopic (exact) mass is 210 g/mol. The van der Waals surface area contributed by atoms with E-state index in [4.69, 9.17) is 4.74 Å². The smallest absolute Gasteiger partial charge is 0.167 e. The van der Waals surface area contributed by atoms with Crippen LogP contribution in [0.25, 0.3) is 0 Å². The third kappa shape index (κ3) is 2.10. The first-order valence-corrected chi connectivity index (χ1v) is 6.38. The van der Waals surface area contributed by atoms with Crippen LogP contribution < -0.4 is 0 Å². The van der Waals surface area contributed by atoms with Gasteiger partial charge in [-0.1, -0.05) is 19.3 Å². The van der Waals surface area contributed by atoms with Crippen LogP contribution in [0.4, 0.5) is 0 Å². The summed E-state index contributed by atoms with van der Waals surface area (Å²) >= 11 is 0. The molecule has 0 aromatic heterocycles. The highest BCUT2D eigenvalue weighted by Gasteiger charge is 2.44. The van der Waals surface area contributed by atoms with Crippen LogP contribution in [-0.4, -0.2) is 18.5 Å². The van der Waals surface area contributed by atoms with Crippen molar-refractivity contribution in [1.82, 2.24) is 0 Å². The van der Waals surface area contributed by atoms with E-state index in [1.165, 1.54) is 19.3 Å². The van der Waals surface area contributed by atoms with Crippen LogP contribution in [0.5, 0.6) is 0 Å². The number of Topliss-reactive ketones (excluding diaryl/α,β-unsaturated/α-hetero) is 1. The molecule has 15 heavy (non-hydrogen) atoms. The van der Waals surface area contributed by atoms with Gasteiger partial charge in [-0.2, -0.15) is 0 Å². The molecule has 2 aliphatic rings. The summed E-state index contributed by atoms with van der Waals surface area (Å²) in [6.07, 6.45) is 10.2. The number of rotatable bonds is 3. The first-order chi connectivity index (χ1) is 7.28. The van der Waals surface area contributed by atoms with Crippen LogP contribution in [0.1, 0.15) is 57.8 Å². The molecule has 0 spiro atoms. The minimum absolute atomic E-state index is 0.303. The first-order valence-electron chi connectivity index (χ1n) is 6.38. The highest BCUT2D eigenvalue weighted by atomic mass is 16.5. The van der Waals surface area contributed by atoms with Crippen LogP contribution in [0.2, 0.25) is 0 Å². The minimum Gasteiger partial charge on any atom is -0.370 e. The van der Waals surface area contributed by atoms with Crippen molar-refractivity contribution in [3.63, 3.8) is 0 Å². The molecule has 0 bridgehead atoms. The molecular weight excluding hydrogens is 188 g/mol. The molecule has 2 rings (SSSR count). The van der Waals surface area contributed by atoms with Gasteiger partial charge in [0.05, 0.1) is 0 Å². The van der Waals surface area contributed by atoms with E-state index >= 15 is 0 Å². The fraction of sp³-hybridized carbons (Fsp3) is 0.923. The number of methoxy groups -OCH3 is 1. The van der Waals surface area contributed by atoms with Gasteiger partial charge in [-0.05, 0) is 38.5 Å². The van der Waals surface area contributed by atoms with E-state index in [1.807, 2.05) is 0 Å². The van der Waals surface area contributed by atoms with Crippen molar-refractivity contribution in [2.24, 2.45) is 5.92 Å². The van der Waals surface area contributed by atoms with E-state index in [9.17, 15) is 4.79 Å². The minimum atomic E-state index is -0.387. The summed E-state index contributed by atoms with van der Waals surface area (Å²) in [5.74, 6) is 0.721.